The Hall–Kier alpha value is -1.26. The second-order valence-corrected chi connectivity index (χ2v) is 3.92. The van der Waals surface area contributed by atoms with Crippen LogP contribution in [-0.4, -0.2) is 38.6 Å². The normalized spacial score (nSPS) is 9.50. The predicted octanol–water partition coefficient (Wildman–Crippen LogP) is 1.68. The third-order valence-corrected chi connectivity index (χ3v) is 2.61. The molecular weight excluding hydrogens is 252 g/mol. The van der Waals surface area contributed by atoms with E-state index in [2.05, 4.69) is 5.32 Å². The molecule has 0 radical (unpaired) electrons. The van der Waals surface area contributed by atoms with Gasteiger partial charge in [-0.25, -0.2) is 0 Å². The predicted molar refractivity (Wildman–Crippen MR) is 75.3 cm³/mol. The van der Waals surface area contributed by atoms with Crippen LogP contribution in [0.2, 0.25) is 0 Å². The van der Waals surface area contributed by atoms with Crippen molar-refractivity contribution in [3.8, 4) is 5.75 Å². The molecule has 0 unspecified atom stereocenters. The van der Waals surface area contributed by atoms with Gasteiger partial charge in [-0.3, -0.25) is 4.79 Å². The van der Waals surface area contributed by atoms with Gasteiger partial charge in [0.1, 0.15) is 5.75 Å². The molecule has 1 rings (SSSR count). The van der Waals surface area contributed by atoms with E-state index in [0.717, 1.165) is 11.3 Å². The SMILES string of the molecule is CNCCC(=O)N(C)Cc1ccccc1OC.Cl. The summed E-state index contributed by atoms with van der Waals surface area (Å²) in [6, 6.07) is 7.75. The van der Waals surface area contributed by atoms with Crippen molar-refractivity contribution in [2.75, 3.05) is 27.7 Å². The first-order valence-electron chi connectivity index (χ1n) is 5.69. The molecule has 0 atom stereocenters. The first kappa shape index (κ1) is 16.7. The summed E-state index contributed by atoms with van der Waals surface area (Å²) in [5.41, 5.74) is 1.02. The number of carbonyl (C=O) groups excluding carboxylic acids is 1. The van der Waals surface area contributed by atoms with E-state index in [0.29, 0.717) is 19.5 Å². The Labute approximate surface area is 115 Å². The fraction of sp³-hybridized carbons (Fsp3) is 0.462. The van der Waals surface area contributed by atoms with Crippen LogP contribution < -0.4 is 10.1 Å². The van der Waals surface area contributed by atoms with Crippen molar-refractivity contribution in [1.82, 2.24) is 10.2 Å². The van der Waals surface area contributed by atoms with Gasteiger partial charge in [0, 0.05) is 32.1 Å². The van der Waals surface area contributed by atoms with Crippen molar-refractivity contribution >= 4 is 18.3 Å². The van der Waals surface area contributed by atoms with E-state index in [1.54, 1.807) is 12.0 Å². The van der Waals surface area contributed by atoms with E-state index < -0.39 is 0 Å². The van der Waals surface area contributed by atoms with Gasteiger partial charge >= 0.3 is 0 Å². The van der Waals surface area contributed by atoms with Gasteiger partial charge in [0.05, 0.1) is 7.11 Å². The van der Waals surface area contributed by atoms with Gasteiger partial charge in [-0.05, 0) is 13.1 Å². The molecule has 18 heavy (non-hydrogen) atoms. The zero-order valence-corrected chi connectivity index (χ0v) is 11.9. The fourth-order valence-corrected chi connectivity index (χ4v) is 1.60. The first-order chi connectivity index (χ1) is 8.19. The van der Waals surface area contributed by atoms with Gasteiger partial charge in [-0.2, -0.15) is 0 Å². The highest BCUT2D eigenvalue weighted by Crippen LogP contribution is 2.18. The highest BCUT2D eigenvalue weighted by atomic mass is 35.5. The molecule has 0 aliphatic rings. The van der Waals surface area contributed by atoms with E-state index in [1.807, 2.05) is 38.4 Å². The molecule has 0 aromatic heterocycles. The largest absolute Gasteiger partial charge is 0.496 e. The molecule has 0 fully saturated rings. The van der Waals surface area contributed by atoms with Crippen molar-refractivity contribution in [3.05, 3.63) is 29.8 Å². The lowest BCUT2D eigenvalue weighted by atomic mass is 10.2. The van der Waals surface area contributed by atoms with Gasteiger partial charge in [-0.15, -0.1) is 12.4 Å². The second-order valence-electron chi connectivity index (χ2n) is 3.92. The highest BCUT2D eigenvalue weighted by Gasteiger charge is 2.10. The summed E-state index contributed by atoms with van der Waals surface area (Å²) >= 11 is 0. The lowest BCUT2D eigenvalue weighted by Crippen LogP contribution is -2.28. The lowest BCUT2D eigenvalue weighted by molar-refractivity contribution is -0.130. The first-order valence-corrected chi connectivity index (χ1v) is 5.69. The molecular formula is C13H21ClN2O2. The number of methoxy groups -OCH3 is 1. The van der Waals surface area contributed by atoms with Crippen LogP contribution in [0, 0.1) is 0 Å². The second kappa shape index (κ2) is 8.78. The van der Waals surface area contributed by atoms with E-state index in [9.17, 15) is 4.79 Å². The standard InChI is InChI=1S/C13H20N2O2.ClH/c1-14-9-8-13(16)15(2)10-11-6-4-5-7-12(11)17-3;/h4-7,14H,8-10H2,1-3H3;1H. The van der Waals surface area contributed by atoms with Crippen LogP contribution in [0.3, 0.4) is 0 Å². The van der Waals surface area contributed by atoms with E-state index in [-0.39, 0.29) is 18.3 Å². The number of halogens is 1. The van der Waals surface area contributed by atoms with Crippen LogP contribution in [-0.2, 0) is 11.3 Å². The number of benzene rings is 1. The van der Waals surface area contributed by atoms with E-state index in [1.165, 1.54) is 0 Å². The topological polar surface area (TPSA) is 41.6 Å². The smallest absolute Gasteiger partial charge is 0.223 e. The van der Waals surface area contributed by atoms with Crippen molar-refractivity contribution in [2.45, 2.75) is 13.0 Å². The van der Waals surface area contributed by atoms with Crippen LogP contribution in [0.4, 0.5) is 0 Å². The third-order valence-electron chi connectivity index (χ3n) is 2.61. The Balaban J connectivity index is 0.00000289. The monoisotopic (exact) mass is 272 g/mol. The zero-order chi connectivity index (χ0) is 12.7. The molecule has 0 saturated heterocycles. The summed E-state index contributed by atoms with van der Waals surface area (Å²) in [7, 11) is 5.29. The summed E-state index contributed by atoms with van der Waals surface area (Å²) in [6.07, 6.45) is 0.516. The van der Waals surface area contributed by atoms with Crippen LogP contribution in [0.1, 0.15) is 12.0 Å². The molecule has 1 amide bonds. The maximum Gasteiger partial charge on any atom is 0.223 e. The van der Waals surface area contributed by atoms with Crippen molar-refractivity contribution in [2.24, 2.45) is 0 Å². The van der Waals surface area contributed by atoms with Gasteiger partial charge in [0.25, 0.3) is 0 Å². The summed E-state index contributed by atoms with van der Waals surface area (Å²) in [6.45, 7) is 1.28. The number of hydrogen-bond donors (Lipinski definition) is 1. The van der Waals surface area contributed by atoms with Crippen molar-refractivity contribution in [3.63, 3.8) is 0 Å². The third kappa shape index (κ3) is 4.94. The number of nitrogens with zero attached hydrogens (tertiary/aromatic N) is 1. The molecule has 0 aliphatic heterocycles. The Morgan fingerprint density at radius 1 is 1.39 bits per heavy atom. The van der Waals surface area contributed by atoms with Crippen molar-refractivity contribution < 1.29 is 9.53 Å². The van der Waals surface area contributed by atoms with E-state index in [4.69, 9.17) is 4.74 Å². The molecule has 4 nitrogen and oxygen atoms in total. The molecule has 1 aromatic carbocycles. The fourth-order valence-electron chi connectivity index (χ4n) is 1.60. The molecule has 102 valence electrons. The molecule has 0 heterocycles. The molecule has 1 aromatic rings. The summed E-state index contributed by atoms with van der Waals surface area (Å²) in [4.78, 5) is 13.5. The maximum absolute atomic E-state index is 11.8. The van der Waals surface area contributed by atoms with Gasteiger partial charge in [0.15, 0.2) is 0 Å². The summed E-state index contributed by atoms with van der Waals surface area (Å²) in [5.74, 6) is 0.950. The number of hydrogen-bond acceptors (Lipinski definition) is 3. The van der Waals surface area contributed by atoms with Crippen LogP contribution in [0.15, 0.2) is 24.3 Å². The Morgan fingerprint density at radius 3 is 2.67 bits per heavy atom. The minimum absolute atomic E-state index is 0. The highest BCUT2D eigenvalue weighted by molar-refractivity contribution is 5.85. The van der Waals surface area contributed by atoms with Gasteiger partial charge < -0.3 is 15.0 Å². The lowest BCUT2D eigenvalue weighted by Gasteiger charge is -2.18. The number of para-hydroxylation sites is 1. The van der Waals surface area contributed by atoms with Crippen molar-refractivity contribution in [1.29, 1.82) is 0 Å². The molecule has 0 spiro atoms. The number of carbonyl (C=O) groups is 1. The van der Waals surface area contributed by atoms with Crippen LogP contribution >= 0.6 is 12.4 Å². The Bertz CT molecular complexity index is 372. The molecule has 0 aliphatic carbocycles. The number of ether oxygens (including phenoxy) is 1. The number of rotatable bonds is 6. The van der Waals surface area contributed by atoms with Gasteiger partial charge in [-0.1, -0.05) is 18.2 Å². The van der Waals surface area contributed by atoms with Gasteiger partial charge in [0.2, 0.25) is 5.91 Å². The summed E-state index contributed by atoms with van der Waals surface area (Å²) in [5, 5.41) is 2.97. The van der Waals surface area contributed by atoms with E-state index >= 15 is 0 Å². The number of nitrogens with one attached hydrogen (secondary N) is 1. The average Bonchev–Trinajstić information content (AvgIpc) is 2.36. The average molecular weight is 273 g/mol. The molecule has 0 bridgehead atoms. The van der Waals surface area contributed by atoms with Crippen LogP contribution in [0.5, 0.6) is 5.75 Å². The molecule has 5 heteroatoms. The zero-order valence-electron chi connectivity index (χ0n) is 11.1. The Morgan fingerprint density at radius 2 is 2.06 bits per heavy atom. The number of amides is 1. The maximum atomic E-state index is 11.8. The molecule has 1 N–H and O–H groups in total. The minimum atomic E-state index is 0. The molecule has 0 saturated carbocycles. The van der Waals surface area contributed by atoms with Crippen LogP contribution in [0.25, 0.3) is 0 Å². The minimum Gasteiger partial charge on any atom is -0.496 e. The Kier molecular flexibility index (Phi) is 8.16. The quantitative estimate of drug-likeness (QED) is 0.857. The summed E-state index contributed by atoms with van der Waals surface area (Å²) < 4.78 is 5.26.